The lowest BCUT2D eigenvalue weighted by Crippen LogP contribution is -2.57. The fourth-order valence-corrected chi connectivity index (χ4v) is 5.00. The maximum absolute atomic E-state index is 12.9. The van der Waals surface area contributed by atoms with Crippen LogP contribution in [0.4, 0.5) is 4.79 Å². The van der Waals surface area contributed by atoms with E-state index in [-0.39, 0.29) is 24.1 Å². The molecule has 4 heteroatoms. The Morgan fingerprint density at radius 1 is 1.00 bits per heavy atom. The molecule has 4 nitrogen and oxygen atoms in total. The van der Waals surface area contributed by atoms with Gasteiger partial charge in [0.15, 0.2) is 0 Å². The number of carbonyl (C=O) groups excluding carboxylic acids is 1. The Morgan fingerprint density at radius 3 is 2.21 bits per heavy atom. The molecule has 0 N–H and O–H groups in total. The van der Waals surface area contributed by atoms with Gasteiger partial charge in [-0.25, -0.2) is 4.79 Å². The summed E-state index contributed by atoms with van der Waals surface area (Å²) in [6, 6.07) is 17.3. The van der Waals surface area contributed by atoms with Gasteiger partial charge in [0, 0.05) is 5.92 Å². The number of ether oxygens (including phenoxy) is 2. The van der Waals surface area contributed by atoms with E-state index >= 15 is 0 Å². The van der Waals surface area contributed by atoms with Crippen molar-refractivity contribution >= 4 is 6.09 Å². The van der Waals surface area contributed by atoms with Gasteiger partial charge in [0.1, 0.15) is 5.60 Å². The molecule has 2 aromatic carbocycles. The highest BCUT2D eigenvalue weighted by atomic mass is 16.6. The summed E-state index contributed by atoms with van der Waals surface area (Å²) in [5.41, 5.74) is 6.27. The first-order valence-corrected chi connectivity index (χ1v) is 10.4. The van der Waals surface area contributed by atoms with Crippen LogP contribution in [0.2, 0.25) is 0 Å². The number of amides is 1. The van der Waals surface area contributed by atoms with Gasteiger partial charge in [-0.15, -0.1) is 0 Å². The van der Waals surface area contributed by atoms with Crippen molar-refractivity contribution in [2.45, 2.75) is 50.8 Å². The molecule has 150 valence electrons. The van der Waals surface area contributed by atoms with Gasteiger partial charge in [-0.1, -0.05) is 60.2 Å². The molecule has 1 saturated heterocycles. The van der Waals surface area contributed by atoms with Crippen LogP contribution in [0.5, 0.6) is 0 Å². The van der Waals surface area contributed by atoms with Crippen molar-refractivity contribution in [2.75, 3.05) is 13.2 Å². The molecule has 2 bridgehead atoms. The van der Waals surface area contributed by atoms with Gasteiger partial charge >= 0.3 is 6.09 Å². The average Bonchev–Trinajstić information content (AvgIpc) is 3.00. The first kappa shape index (κ1) is 18.4. The molecule has 1 aliphatic carbocycles. The highest BCUT2D eigenvalue weighted by Crippen LogP contribution is 2.50. The molecule has 0 spiro atoms. The summed E-state index contributed by atoms with van der Waals surface area (Å²) in [6.45, 7) is 6.82. The SMILES string of the molecule is CC(C)(C)OC(=O)N1C2C=C(C3c4ccccc4-c4ccccc43)CC1COC2. The quantitative estimate of drug-likeness (QED) is 0.635. The van der Waals surface area contributed by atoms with E-state index in [4.69, 9.17) is 9.47 Å². The first-order valence-electron chi connectivity index (χ1n) is 10.4. The van der Waals surface area contributed by atoms with E-state index in [0.29, 0.717) is 13.2 Å². The third-order valence-corrected chi connectivity index (χ3v) is 6.04. The number of benzene rings is 2. The molecule has 2 atom stereocenters. The predicted octanol–water partition coefficient (Wildman–Crippen LogP) is 5.13. The lowest BCUT2D eigenvalue weighted by molar-refractivity contribution is -0.0538. The monoisotopic (exact) mass is 389 g/mol. The highest BCUT2D eigenvalue weighted by molar-refractivity contribution is 5.80. The van der Waals surface area contributed by atoms with E-state index in [1.165, 1.54) is 27.8 Å². The molecule has 2 aromatic rings. The van der Waals surface area contributed by atoms with Gasteiger partial charge in [0.25, 0.3) is 0 Å². The summed E-state index contributed by atoms with van der Waals surface area (Å²) < 4.78 is 11.5. The van der Waals surface area contributed by atoms with E-state index in [2.05, 4.69) is 54.6 Å². The smallest absolute Gasteiger partial charge is 0.411 e. The highest BCUT2D eigenvalue weighted by Gasteiger charge is 2.43. The first-order chi connectivity index (χ1) is 13.9. The molecule has 0 saturated carbocycles. The van der Waals surface area contributed by atoms with Crippen LogP contribution in [-0.4, -0.2) is 41.9 Å². The average molecular weight is 389 g/mol. The molecule has 1 fully saturated rings. The van der Waals surface area contributed by atoms with E-state index in [9.17, 15) is 4.79 Å². The van der Waals surface area contributed by atoms with E-state index in [0.717, 1.165) is 6.42 Å². The van der Waals surface area contributed by atoms with Crippen molar-refractivity contribution in [2.24, 2.45) is 0 Å². The number of nitrogens with zero attached hydrogens (tertiary/aromatic N) is 1. The zero-order valence-corrected chi connectivity index (χ0v) is 17.2. The number of hydrogen-bond donors (Lipinski definition) is 0. The number of morpholine rings is 1. The molecule has 0 radical (unpaired) electrons. The molecular formula is C25H27NO3. The van der Waals surface area contributed by atoms with Crippen LogP contribution in [0, 0.1) is 0 Å². The van der Waals surface area contributed by atoms with Crippen molar-refractivity contribution in [3.63, 3.8) is 0 Å². The zero-order valence-electron chi connectivity index (χ0n) is 17.2. The fraction of sp³-hybridized carbons (Fsp3) is 0.400. The Kier molecular flexibility index (Phi) is 4.28. The van der Waals surface area contributed by atoms with E-state index in [1.807, 2.05) is 25.7 Å². The van der Waals surface area contributed by atoms with E-state index < -0.39 is 5.60 Å². The van der Waals surface area contributed by atoms with Gasteiger partial charge in [-0.2, -0.15) is 0 Å². The van der Waals surface area contributed by atoms with Crippen molar-refractivity contribution in [3.8, 4) is 11.1 Å². The van der Waals surface area contributed by atoms with Crippen LogP contribution in [0.3, 0.4) is 0 Å². The summed E-state index contributed by atoms with van der Waals surface area (Å²) in [5.74, 6) is 0.256. The third-order valence-electron chi connectivity index (χ3n) is 6.04. The molecular weight excluding hydrogens is 362 g/mol. The van der Waals surface area contributed by atoms with Crippen molar-refractivity contribution in [1.29, 1.82) is 0 Å². The molecule has 0 aromatic heterocycles. The zero-order chi connectivity index (χ0) is 20.2. The predicted molar refractivity (Wildman–Crippen MR) is 113 cm³/mol. The number of carbonyl (C=O) groups is 1. The maximum atomic E-state index is 12.9. The molecule has 2 heterocycles. The number of hydrogen-bond acceptors (Lipinski definition) is 3. The normalized spacial score (nSPS) is 23.3. The summed E-state index contributed by atoms with van der Waals surface area (Å²) in [6.07, 6.45) is 2.82. The Morgan fingerprint density at radius 2 is 1.62 bits per heavy atom. The van der Waals surface area contributed by atoms with Gasteiger partial charge in [0.05, 0.1) is 25.3 Å². The minimum Gasteiger partial charge on any atom is -0.444 e. The fourth-order valence-electron chi connectivity index (χ4n) is 5.00. The van der Waals surface area contributed by atoms with E-state index in [1.54, 1.807) is 0 Å². The minimum absolute atomic E-state index is 0.0172. The molecule has 2 aliphatic heterocycles. The molecule has 2 unspecified atom stereocenters. The molecule has 5 rings (SSSR count). The van der Waals surface area contributed by atoms with Crippen LogP contribution in [0.1, 0.15) is 44.2 Å². The summed E-state index contributed by atoms with van der Waals surface area (Å²) in [4.78, 5) is 14.8. The van der Waals surface area contributed by atoms with Crippen LogP contribution >= 0.6 is 0 Å². The number of rotatable bonds is 1. The van der Waals surface area contributed by atoms with Crippen LogP contribution in [0.15, 0.2) is 60.2 Å². The summed E-state index contributed by atoms with van der Waals surface area (Å²) in [5, 5.41) is 0. The van der Waals surface area contributed by atoms with Gasteiger partial charge in [0.2, 0.25) is 0 Å². The lowest BCUT2D eigenvalue weighted by Gasteiger charge is -2.45. The molecule has 3 aliphatic rings. The van der Waals surface area contributed by atoms with Gasteiger partial charge < -0.3 is 9.47 Å². The Bertz CT molecular complexity index is 942. The van der Waals surface area contributed by atoms with Crippen molar-refractivity contribution in [3.05, 3.63) is 71.3 Å². The largest absolute Gasteiger partial charge is 0.444 e. The Labute approximate surface area is 172 Å². The topological polar surface area (TPSA) is 38.8 Å². The van der Waals surface area contributed by atoms with Crippen molar-refractivity contribution in [1.82, 2.24) is 4.90 Å². The number of fused-ring (bicyclic) bond motifs is 5. The second-order valence-electron chi connectivity index (χ2n) is 9.20. The molecule has 29 heavy (non-hydrogen) atoms. The lowest BCUT2D eigenvalue weighted by atomic mass is 9.81. The van der Waals surface area contributed by atoms with Gasteiger partial charge in [-0.05, 0) is 49.4 Å². The minimum atomic E-state index is -0.500. The second-order valence-corrected chi connectivity index (χ2v) is 9.20. The second kappa shape index (κ2) is 6.74. The standard InChI is InChI=1S/C25H27NO3/c1-25(2,3)29-24(27)26-17-12-16(13-18(26)15-28-14-17)23-21-10-6-4-8-19(21)20-9-5-7-11-22(20)23/h4-12,17-18,23H,13-15H2,1-3H3. The Hall–Kier alpha value is -2.59. The van der Waals surface area contributed by atoms with Crippen LogP contribution in [0.25, 0.3) is 11.1 Å². The Balaban J connectivity index is 1.53. The van der Waals surface area contributed by atoms with Crippen LogP contribution < -0.4 is 0 Å². The third kappa shape index (κ3) is 3.16. The van der Waals surface area contributed by atoms with Crippen LogP contribution in [-0.2, 0) is 9.47 Å². The van der Waals surface area contributed by atoms with Gasteiger partial charge in [-0.3, -0.25) is 4.90 Å². The summed E-state index contributed by atoms with van der Waals surface area (Å²) >= 11 is 0. The van der Waals surface area contributed by atoms with Crippen molar-refractivity contribution < 1.29 is 14.3 Å². The maximum Gasteiger partial charge on any atom is 0.411 e. The molecule has 1 amide bonds. The summed E-state index contributed by atoms with van der Waals surface area (Å²) in [7, 11) is 0.